The zero-order valence-corrected chi connectivity index (χ0v) is 17.8. The second-order valence-electron chi connectivity index (χ2n) is 6.90. The monoisotopic (exact) mass is 448 g/mol. The number of benzene rings is 2. The molecule has 1 aromatic heterocycles. The van der Waals surface area contributed by atoms with E-state index in [1.165, 1.54) is 0 Å². The van der Waals surface area contributed by atoms with Crippen molar-refractivity contribution in [2.45, 2.75) is 31.7 Å². The van der Waals surface area contributed by atoms with Gasteiger partial charge < -0.3 is 5.32 Å². The minimum Gasteiger partial charge on any atom is -0.352 e. The fourth-order valence-corrected chi connectivity index (χ4v) is 4.10. The summed E-state index contributed by atoms with van der Waals surface area (Å²) >= 11 is 0. The van der Waals surface area contributed by atoms with E-state index in [-0.39, 0.29) is 25.4 Å². The van der Waals surface area contributed by atoms with Gasteiger partial charge in [-0.2, -0.15) is 5.10 Å². The molecule has 0 saturated carbocycles. The van der Waals surface area contributed by atoms with Crippen LogP contribution in [0.1, 0.15) is 23.4 Å². The lowest BCUT2D eigenvalue weighted by molar-refractivity contribution is -0.121. The van der Waals surface area contributed by atoms with Crippen molar-refractivity contribution in [2.75, 3.05) is 6.54 Å². The van der Waals surface area contributed by atoms with Crippen LogP contribution in [0.5, 0.6) is 0 Å². The molecule has 10 heteroatoms. The van der Waals surface area contributed by atoms with Gasteiger partial charge in [0.15, 0.2) is 11.6 Å². The molecule has 0 bridgehead atoms. The van der Waals surface area contributed by atoms with Gasteiger partial charge in [0, 0.05) is 30.8 Å². The van der Waals surface area contributed by atoms with Crippen molar-refractivity contribution in [1.29, 1.82) is 0 Å². The molecule has 1 amide bonds. The third kappa shape index (κ3) is 5.33. The Labute approximate surface area is 179 Å². The number of nitrogens with zero attached hydrogens (tertiary/aromatic N) is 2. The number of carbonyl (C=O) groups is 1. The van der Waals surface area contributed by atoms with E-state index in [0.29, 0.717) is 6.07 Å². The number of aryl methyl sites for hydroxylation is 1. The maximum Gasteiger partial charge on any atom is 0.240 e. The molecule has 0 aliphatic heterocycles. The van der Waals surface area contributed by atoms with Crippen molar-refractivity contribution in [3.05, 3.63) is 77.1 Å². The van der Waals surface area contributed by atoms with Crippen LogP contribution in [0.4, 0.5) is 8.78 Å². The molecule has 7 nitrogen and oxygen atoms in total. The first-order valence-corrected chi connectivity index (χ1v) is 11.0. The number of rotatable bonds is 8. The first-order valence-electron chi connectivity index (χ1n) is 9.51. The van der Waals surface area contributed by atoms with Gasteiger partial charge in [0.2, 0.25) is 15.9 Å². The van der Waals surface area contributed by atoms with Gasteiger partial charge in [0.05, 0.1) is 16.3 Å². The van der Waals surface area contributed by atoms with Crippen molar-refractivity contribution in [1.82, 2.24) is 19.8 Å². The molecule has 0 fully saturated rings. The number of halogens is 2. The molecule has 0 unspecified atom stereocenters. The van der Waals surface area contributed by atoms with Crippen LogP contribution in [0.15, 0.2) is 53.4 Å². The number of hydrogen-bond acceptors (Lipinski definition) is 4. The smallest absolute Gasteiger partial charge is 0.240 e. The molecule has 0 saturated heterocycles. The zero-order valence-electron chi connectivity index (χ0n) is 17.0. The first-order chi connectivity index (χ1) is 14.7. The predicted molar refractivity (Wildman–Crippen MR) is 111 cm³/mol. The highest BCUT2D eigenvalue weighted by Gasteiger charge is 2.17. The Morgan fingerprint density at radius 1 is 1.06 bits per heavy atom. The Morgan fingerprint density at radius 2 is 1.77 bits per heavy atom. The molecule has 1 heterocycles. The molecule has 0 radical (unpaired) electrons. The summed E-state index contributed by atoms with van der Waals surface area (Å²) in [7, 11) is -4.05. The number of carbonyl (C=O) groups excluding carboxylic acids is 1. The number of hydrogen-bond donors (Lipinski definition) is 2. The maximum absolute atomic E-state index is 13.3. The highest BCUT2D eigenvalue weighted by atomic mass is 32.2. The molecule has 0 spiro atoms. The van der Waals surface area contributed by atoms with Gasteiger partial charge in [-0.15, -0.1) is 0 Å². The quantitative estimate of drug-likeness (QED) is 0.554. The van der Waals surface area contributed by atoms with Gasteiger partial charge in [-0.1, -0.05) is 18.2 Å². The average molecular weight is 448 g/mol. The Hall–Kier alpha value is -3.11. The standard InChI is InChI=1S/C21H22F2N4O3S/c1-14-18(15(2)27(26-14)16-6-4-3-5-7-16)13-24-21(28)10-11-25-31(29,30)17-8-9-19(22)20(23)12-17/h3-9,12,25H,10-11,13H2,1-2H3,(H,24,28). The Bertz CT molecular complexity index is 1190. The lowest BCUT2D eigenvalue weighted by Crippen LogP contribution is -2.30. The number of aromatic nitrogens is 2. The van der Waals surface area contributed by atoms with E-state index >= 15 is 0 Å². The van der Waals surface area contributed by atoms with E-state index in [0.717, 1.165) is 34.8 Å². The van der Waals surface area contributed by atoms with Gasteiger partial charge in [0.1, 0.15) is 0 Å². The molecule has 164 valence electrons. The van der Waals surface area contributed by atoms with E-state index in [9.17, 15) is 22.0 Å². The van der Waals surface area contributed by atoms with E-state index < -0.39 is 26.6 Å². The van der Waals surface area contributed by atoms with Crippen LogP contribution in [-0.4, -0.2) is 30.7 Å². The lowest BCUT2D eigenvalue weighted by atomic mass is 10.2. The summed E-state index contributed by atoms with van der Waals surface area (Å²) in [4.78, 5) is 11.7. The van der Waals surface area contributed by atoms with Gasteiger partial charge in [-0.3, -0.25) is 4.79 Å². The molecule has 3 rings (SSSR count). The summed E-state index contributed by atoms with van der Waals surface area (Å²) in [6.07, 6.45) is -0.117. The van der Waals surface area contributed by atoms with Crippen LogP contribution in [-0.2, 0) is 21.4 Å². The van der Waals surface area contributed by atoms with Crippen molar-refractivity contribution in [2.24, 2.45) is 0 Å². The van der Waals surface area contributed by atoms with Crippen molar-refractivity contribution in [3.63, 3.8) is 0 Å². The van der Waals surface area contributed by atoms with Gasteiger partial charge >= 0.3 is 0 Å². The zero-order chi connectivity index (χ0) is 22.6. The summed E-state index contributed by atoms with van der Waals surface area (Å²) in [6.45, 7) is 3.82. The van der Waals surface area contributed by atoms with E-state index in [2.05, 4.69) is 15.1 Å². The predicted octanol–water partition coefficient (Wildman–Crippen LogP) is 2.75. The van der Waals surface area contributed by atoms with Crippen LogP contribution >= 0.6 is 0 Å². The topological polar surface area (TPSA) is 93.1 Å². The average Bonchev–Trinajstić information content (AvgIpc) is 3.02. The molecule has 0 aliphatic rings. The highest BCUT2D eigenvalue weighted by Crippen LogP contribution is 2.18. The van der Waals surface area contributed by atoms with Crippen LogP contribution in [0.25, 0.3) is 5.69 Å². The first kappa shape index (κ1) is 22.6. The van der Waals surface area contributed by atoms with E-state index in [1.54, 1.807) is 4.68 Å². The number of amides is 1. The summed E-state index contributed by atoms with van der Waals surface area (Å²) in [5.41, 5.74) is 3.45. The van der Waals surface area contributed by atoms with E-state index in [4.69, 9.17) is 0 Å². The molecular formula is C21H22F2N4O3S. The molecule has 0 aliphatic carbocycles. The fraction of sp³-hybridized carbons (Fsp3) is 0.238. The molecule has 2 N–H and O–H groups in total. The SMILES string of the molecule is Cc1nn(-c2ccccc2)c(C)c1CNC(=O)CCNS(=O)(=O)c1ccc(F)c(F)c1. The van der Waals surface area contributed by atoms with Crippen molar-refractivity contribution < 1.29 is 22.0 Å². The summed E-state index contributed by atoms with van der Waals surface area (Å²) < 4.78 is 54.5. The van der Waals surface area contributed by atoms with Crippen LogP contribution in [0.3, 0.4) is 0 Å². The van der Waals surface area contributed by atoms with Gasteiger partial charge in [0.25, 0.3) is 0 Å². The highest BCUT2D eigenvalue weighted by molar-refractivity contribution is 7.89. The molecule has 2 aromatic carbocycles. The molecular weight excluding hydrogens is 426 g/mol. The number of sulfonamides is 1. The van der Waals surface area contributed by atoms with Crippen molar-refractivity contribution in [3.8, 4) is 5.69 Å². The number of para-hydroxylation sites is 1. The van der Waals surface area contributed by atoms with E-state index in [1.807, 2.05) is 44.2 Å². The number of nitrogens with one attached hydrogen (secondary N) is 2. The molecule has 3 aromatic rings. The third-order valence-corrected chi connectivity index (χ3v) is 6.21. The minimum absolute atomic E-state index is 0.117. The second-order valence-corrected chi connectivity index (χ2v) is 8.66. The summed E-state index contributed by atoms with van der Waals surface area (Å²) in [5, 5.41) is 7.27. The minimum atomic E-state index is -4.05. The van der Waals surface area contributed by atoms with Crippen LogP contribution < -0.4 is 10.0 Å². The normalized spacial score (nSPS) is 11.5. The lowest BCUT2D eigenvalue weighted by Gasteiger charge is -2.09. The van der Waals surface area contributed by atoms with Gasteiger partial charge in [-0.25, -0.2) is 26.6 Å². The summed E-state index contributed by atoms with van der Waals surface area (Å²) in [5.74, 6) is -2.76. The molecule has 0 atom stereocenters. The van der Waals surface area contributed by atoms with Crippen LogP contribution in [0.2, 0.25) is 0 Å². The second kappa shape index (κ2) is 9.36. The largest absolute Gasteiger partial charge is 0.352 e. The third-order valence-electron chi connectivity index (χ3n) is 4.75. The summed E-state index contributed by atoms with van der Waals surface area (Å²) in [6, 6.07) is 11.9. The Kier molecular flexibility index (Phi) is 6.81. The fourth-order valence-electron chi connectivity index (χ4n) is 3.05. The maximum atomic E-state index is 13.3. The van der Waals surface area contributed by atoms with Crippen LogP contribution in [0, 0.1) is 25.5 Å². The Morgan fingerprint density at radius 3 is 2.45 bits per heavy atom. The van der Waals surface area contributed by atoms with Crippen molar-refractivity contribution >= 4 is 15.9 Å². The molecule has 31 heavy (non-hydrogen) atoms. The van der Waals surface area contributed by atoms with Gasteiger partial charge in [-0.05, 0) is 44.2 Å². The Balaban J connectivity index is 1.55.